The number of hydrogen-bond acceptors (Lipinski definition) is 3. The zero-order valence-corrected chi connectivity index (χ0v) is 10.4. The predicted molar refractivity (Wildman–Crippen MR) is 73.6 cm³/mol. The van der Waals surface area contributed by atoms with E-state index in [2.05, 4.69) is 10.9 Å². The summed E-state index contributed by atoms with van der Waals surface area (Å²) in [5.41, 5.74) is 14.7. The van der Waals surface area contributed by atoms with Gasteiger partial charge in [-0.3, -0.25) is 0 Å². The van der Waals surface area contributed by atoms with Gasteiger partial charge in [-0.15, -0.1) is 0 Å². The SMILES string of the molecule is Nc1cccc(C2CC(c3ccccc3F)NN2)c1. The van der Waals surface area contributed by atoms with Crippen LogP contribution in [0.3, 0.4) is 0 Å². The van der Waals surface area contributed by atoms with E-state index in [4.69, 9.17) is 5.73 Å². The van der Waals surface area contributed by atoms with E-state index in [9.17, 15) is 4.39 Å². The Morgan fingerprint density at radius 1 is 1.00 bits per heavy atom. The molecule has 2 unspecified atom stereocenters. The van der Waals surface area contributed by atoms with Crippen LogP contribution in [0.5, 0.6) is 0 Å². The number of benzene rings is 2. The molecule has 2 atom stereocenters. The lowest BCUT2D eigenvalue weighted by Crippen LogP contribution is -2.27. The van der Waals surface area contributed by atoms with Crippen molar-refractivity contribution < 1.29 is 4.39 Å². The van der Waals surface area contributed by atoms with Gasteiger partial charge in [0.25, 0.3) is 0 Å². The van der Waals surface area contributed by atoms with Crippen molar-refractivity contribution in [3.63, 3.8) is 0 Å². The van der Waals surface area contributed by atoms with Crippen molar-refractivity contribution in [3.8, 4) is 0 Å². The van der Waals surface area contributed by atoms with E-state index in [0.29, 0.717) is 5.56 Å². The standard InChI is InChI=1S/C15H16FN3/c16-13-7-2-1-6-12(13)15-9-14(18-19-15)10-4-3-5-11(17)8-10/h1-8,14-15,18-19H,9,17H2. The molecule has 98 valence electrons. The van der Waals surface area contributed by atoms with Gasteiger partial charge < -0.3 is 5.73 Å². The molecule has 1 heterocycles. The van der Waals surface area contributed by atoms with E-state index in [1.165, 1.54) is 6.07 Å². The lowest BCUT2D eigenvalue weighted by molar-refractivity contribution is 0.528. The smallest absolute Gasteiger partial charge is 0.128 e. The van der Waals surface area contributed by atoms with Crippen LogP contribution in [-0.4, -0.2) is 0 Å². The van der Waals surface area contributed by atoms with Gasteiger partial charge >= 0.3 is 0 Å². The highest BCUT2D eigenvalue weighted by Gasteiger charge is 2.27. The third-order valence-electron chi connectivity index (χ3n) is 3.50. The second-order valence-corrected chi connectivity index (χ2v) is 4.82. The van der Waals surface area contributed by atoms with Crippen molar-refractivity contribution in [1.29, 1.82) is 0 Å². The van der Waals surface area contributed by atoms with Crippen molar-refractivity contribution in [2.24, 2.45) is 0 Å². The highest BCUT2D eigenvalue weighted by molar-refractivity contribution is 5.42. The molecule has 0 amide bonds. The molecule has 1 aliphatic heterocycles. The maximum atomic E-state index is 13.7. The number of anilines is 1. The third kappa shape index (κ3) is 2.45. The Bertz CT molecular complexity index is 585. The lowest BCUT2D eigenvalue weighted by Gasteiger charge is -2.11. The van der Waals surface area contributed by atoms with Crippen LogP contribution < -0.4 is 16.6 Å². The average Bonchev–Trinajstić information content (AvgIpc) is 2.89. The van der Waals surface area contributed by atoms with Crippen LogP contribution in [0.4, 0.5) is 10.1 Å². The van der Waals surface area contributed by atoms with Crippen LogP contribution in [0.2, 0.25) is 0 Å². The maximum absolute atomic E-state index is 13.7. The molecular formula is C15H16FN3. The number of rotatable bonds is 2. The molecule has 0 aliphatic carbocycles. The van der Waals surface area contributed by atoms with Crippen molar-refractivity contribution in [3.05, 3.63) is 65.5 Å². The molecule has 2 aromatic rings. The number of nitrogen functional groups attached to an aromatic ring is 1. The van der Waals surface area contributed by atoms with Gasteiger partial charge in [-0.1, -0.05) is 30.3 Å². The molecule has 1 aliphatic rings. The molecule has 0 bridgehead atoms. The van der Waals surface area contributed by atoms with Gasteiger partial charge in [-0.2, -0.15) is 0 Å². The Kier molecular flexibility index (Phi) is 3.19. The topological polar surface area (TPSA) is 50.1 Å². The highest BCUT2D eigenvalue weighted by atomic mass is 19.1. The summed E-state index contributed by atoms with van der Waals surface area (Å²) in [6.07, 6.45) is 0.796. The van der Waals surface area contributed by atoms with Gasteiger partial charge in [-0.25, -0.2) is 15.2 Å². The van der Waals surface area contributed by atoms with E-state index in [1.807, 2.05) is 36.4 Å². The molecule has 4 heteroatoms. The second kappa shape index (κ2) is 4.99. The average molecular weight is 257 g/mol. The minimum Gasteiger partial charge on any atom is -0.399 e. The van der Waals surface area contributed by atoms with E-state index < -0.39 is 0 Å². The summed E-state index contributed by atoms with van der Waals surface area (Å²) < 4.78 is 13.7. The van der Waals surface area contributed by atoms with E-state index in [1.54, 1.807) is 6.07 Å². The number of nitrogens with one attached hydrogen (secondary N) is 2. The van der Waals surface area contributed by atoms with Gasteiger partial charge in [0.1, 0.15) is 5.82 Å². The molecule has 0 radical (unpaired) electrons. The fraction of sp³-hybridized carbons (Fsp3) is 0.200. The summed E-state index contributed by atoms with van der Waals surface area (Å²) in [4.78, 5) is 0. The number of hydrogen-bond donors (Lipinski definition) is 3. The van der Waals surface area contributed by atoms with E-state index in [0.717, 1.165) is 17.7 Å². The van der Waals surface area contributed by atoms with Crippen LogP contribution in [-0.2, 0) is 0 Å². The number of nitrogens with two attached hydrogens (primary N) is 1. The fourth-order valence-corrected chi connectivity index (χ4v) is 2.51. The van der Waals surface area contributed by atoms with Crippen LogP contribution in [0.25, 0.3) is 0 Å². The molecule has 19 heavy (non-hydrogen) atoms. The Morgan fingerprint density at radius 2 is 1.79 bits per heavy atom. The molecule has 3 rings (SSSR count). The van der Waals surface area contributed by atoms with Gasteiger partial charge in [0.15, 0.2) is 0 Å². The Labute approximate surface area is 111 Å². The monoisotopic (exact) mass is 257 g/mol. The molecule has 3 nitrogen and oxygen atoms in total. The Hall–Kier alpha value is -1.91. The third-order valence-corrected chi connectivity index (χ3v) is 3.50. The summed E-state index contributed by atoms with van der Waals surface area (Å²) in [6.45, 7) is 0. The number of halogens is 1. The highest BCUT2D eigenvalue weighted by Crippen LogP contribution is 2.32. The van der Waals surface area contributed by atoms with E-state index in [-0.39, 0.29) is 17.9 Å². The second-order valence-electron chi connectivity index (χ2n) is 4.82. The van der Waals surface area contributed by atoms with Gasteiger partial charge in [0.05, 0.1) is 6.04 Å². The summed E-state index contributed by atoms with van der Waals surface area (Å²) in [5.74, 6) is -0.171. The van der Waals surface area contributed by atoms with Crippen LogP contribution in [0.15, 0.2) is 48.5 Å². The summed E-state index contributed by atoms with van der Waals surface area (Å²) in [6, 6.07) is 14.8. The molecule has 4 N–H and O–H groups in total. The fourth-order valence-electron chi connectivity index (χ4n) is 2.51. The van der Waals surface area contributed by atoms with Gasteiger partial charge in [0.2, 0.25) is 0 Å². The van der Waals surface area contributed by atoms with E-state index >= 15 is 0 Å². The molecular weight excluding hydrogens is 241 g/mol. The van der Waals surface area contributed by atoms with Crippen LogP contribution >= 0.6 is 0 Å². The first-order valence-electron chi connectivity index (χ1n) is 6.35. The molecule has 1 saturated heterocycles. The Balaban J connectivity index is 1.79. The van der Waals surface area contributed by atoms with Crippen LogP contribution in [0, 0.1) is 5.82 Å². The van der Waals surface area contributed by atoms with Crippen molar-refractivity contribution >= 4 is 5.69 Å². The molecule has 0 aromatic heterocycles. The zero-order chi connectivity index (χ0) is 13.2. The summed E-state index contributed by atoms with van der Waals surface area (Å²) in [5, 5.41) is 0. The zero-order valence-electron chi connectivity index (χ0n) is 10.4. The first kappa shape index (κ1) is 12.1. The quantitative estimate of drug-likeness (QED) is 0.725. The number of hydrazine groups is 1. The Morgan fingerprint density at radius 3 is 2.58 bits per heavy atom. The normalized spacial score (nSPS) is 22.6. The molecule has 0 saturated carbocycles. The minimum absolute atomic E-state index is 0.0207. The molecule has 2 aromatic carbocycles. The van der Waals surface area contributed by atoms with Gasteiger partial charge in [0, 0.05) is 17.3 Å². The van der Waals surface area contributed by atoms with Crippen molar-refractivity contribution in [1.82, 2.24) is 10.9 Å². The van der Waals surface area contributed by atoms with Crippen LogP contribution in [0.1, 0.15) is 29.6 Å². The predicted octanol–water partition coefficient (Wildman–Crippen LogP) is 2.69. The largest absolute Gasteiger partial charge is 0.399 e. The molecule has 1 fully saturated rings. The summed E-state index contributed by atoms with van der Waals surface area (Å²) >= 11 is 0. The molecule has 0 spiro atoms. The summed E-state index contributed by atoms with van der Waals surface area (Å²) in [7, 11) is 0. The minimum atomic E-state index is -0.171. The van der Waals surface area contributed by atoms with Crippen molar-refractivity contribution in [2.45, 2.75) is 18.5 Å². The van der Waals surface area contributed by atoms with Crippen molar-refractivity contribution in [2.75, 3.05) is 5.73 Å². The lowest BCUT2D eigenvalue weighted by atomic mass is 9.97. The maximum Gasteiger partial charge on any atom is 0.128 e. The first-order valence-corrected chi connectivity index (χ1v) is 6.35. The van der Waals surface area contributed by atoms with Gasteiger partial charge in [-0.05, 0) is 30.2 Å². The first-order chi connectivity index (χ1) is 9.24.